The molecule has 19 heavy (non-hydrogen) atoms. The monoisotopic (exact) mass is 271 g/mol. The Bertz CT molecular complexity index is 734. The fourth-order valence-corrected chi connectivity index (χ4v) is 2.50. The molecule has 2 aromatic heterocycles. The molecule has 0 saturated carbocycles. The average Bonchev–Trinajstić information content (AvgIpc) is 2.89. The van der Waals surface area contributed by atoms with Crippen molar-refractivity contribution in [1.82, 2.24) is 4.98 Å². The fourth-order valence-electron chi connectivity index (χ4n) is 1.73. The maximum Gasteiger partial charge on any atom is 0.335 e. The summed E-state index contributed by atoms with van der Waals surface area (Å²) in [5, 5.41) is 11.8. The van der Waals surface area contributed by atoms with Crippen molar-refractivity contribution in [3.63, 3.8) is 0 Å². The fraction of sp³-hybridized carbons (Fsp3) is 0. The van der Waals surface area contributed by atoms with Gasteiger partial charge < -0.3 is 9.84 Å². The number of aromatic carboxylic acids is 1. The second-order valence-corrected chi connectivity index (χ2v) is 4.83. The first-order valence-corrected chi connectivity index (χ1v) is 6.45. The van der Waals surface area contributed by atoms with Crippen LogP contribution >= 0.6 is 11.3 Å². The normalized spacial score (nSPS) is 10.5. The van der Waals surface area contributed by atoms with Gasteiger partial charge in [0.05, 0.1) is 10.9 Å². The van der Waals surface area contributed by atoms with Gasteiger partial charge >= 0.3 is 5.97 Å². The lowest BCUT2D eigenvalue weighted by atomic mass is 10.2. The van der Waals surface area contributed by atoms with Gasteiger partial charge in [-0.3, -0.25) is 0 Å². The second kappa shape index (κ2) is 4.70. The summed E-state index contributed by atoms with van der Waals surface area (Å²) >= 11 is 1.62. The molecule has 3 rings (SSSR count). The molecular formula is C14H9NO3S. The van der Waals surface area contributed by atoms with Crippen LogP contribution in [0.1, 0.15) is 10.4 Å². The van der Waals surface area contributed by atoms with Crippen LogP contribution in [-0.2, 0) is 0 Å². The van der Waals surface area contributed by atoms with Crippen LogP contribution in [0.15, 0.2) is 48.0 Å². The molecule has 0 amide bonds. The Morgan fingerprint density at radius 3 is 2.68 bits per heavy atom. The highest BCUT2D eigenvalue weighted by atomic mass is 32.1. The van der Waals surface area contributed by atoms with E-state index in [9.17, 15) is 4.79 Å². The van der Waals surface area contributed by atoms with E-state index in [1.807, 2.05) is 17.5 Å². The molecule has 3 aromatic rings. The van der Waals surface area contributed by atoms with E-state index in [-0.39, 0.29) is 5.56 Å². The van der Waals surface area contributed by atoms with Gasteiger partial charge in [-0.15, -0.1) is 11.3 Å². The molecule has 0 radical (unpaired) electrons. The van der Waals surface area contributed by atoms with Gasteiger partial charge in [0.25, 0.3) is 0 Å². The van der Waals surface area contributed by atoms with E-state index >= 15 is 0 Å². The first-order chi connectivity index (χ1) is 9.24. The molecule has 4 nitrogen and oxygen atoms in total. The zero-order chi connectivity index (χ0) is 13.2. The van der Waals surface area contributed by atoms with Crippen LogP contribution in [0.2, 0.25) is 0 Å². The predicted octanol–water partition coefficient (Wildman–Crippen LogP) is 3.79. The number of benzene rings is 1. The highest BCUT2D eigenvalue weighted by Gasteiger charge is 2.07. The van der Waals surface area contributed by atoms with Gasteiger partial charge in [-0.05, 0) is 41.8 Å². The summed E-state index contributed by atoms with van der Waals surface area (Å²) in [5.74, 6) is 0.141. The van der Waals surface area contributed by atoms with Crippen molar-refractivity contribution in [3.05, 3.63) is 53.5 Å². The summed E-state index contributed by atoms with van der Waals surface area (Å²) in [6.07, 6.45) is 1.69. The van der Waals surface area contributed by atoms with Crippen molar-refractivity contribution in [3.8, 4) is 11.6 Å². The van der Waals surface area contributed by atoms with E-state index < -0.39 is 5.97 Å². The third kappa shape index (κ3) is 2.28. The second-order valence-electron chi connectivity index (χ2n) is 3.88. The minimum absolute atomic E-state index is 0.231. The standard InChI is InChI=1S/C14H9NO3S/c16-14(17)9-1-3-10(4-2-9)18-13-11-6-8-19-12(11)5-7-15-13/h1-8H,(H,16,17). The smallest absolute Gasteiger partial charge is 0.335 e. The van der Waals surface area contributed by atoms with Crippen molar-refractivity contribution in [2.75, 3.05) is 0 Å². The molecule has 0 saturated heterocycles. The molecular weight excluding hydrogens is 262 g/mol. The molecule has 0 aliphatic rings. The Morgan fingerprint density at radius 2 is 1.95 bits per heavy atom. The van der Waals surface area contributed by atoms with Crippen molar-refractivity contribution >= 4 is 27.4 Å². The highest BCUT2D eigenvalue weighted by Crippen LogP contribution is 2.30. The van der Waals surface area contributed by atoms with Crippen LogP contribution in [0.25, 0.3) is 10.1 Å². The van der Waals surface area contributed by atoms with Gasteiger partial charge in [0.15, 0.2) is 0 Å². The van der Waals surface area contributed by atoms with Gasteiger partial charge in [0, 0.05) is 10.9 Å². The Morgan fingerprint density at radius 1 is 1.16 bits per heavy atom. The van der Waals surface area contributed by atoms with Crippen LogP contribution in [0.3, 0.4) is 0 Å². The number of fused-ring (bicyclic) bond motifs is 1. The number of carbonyl (C=O) groups is 1. The number of ether oxygens (including phenoxy) is 1. The van der Waals surface area contributed by atoms with Gasteiger partial charge in [-0.2, -0.15) is 0 Å². The molecule has 1 N–H and O–H groups in total. The number of pyridine rings is 1. The molecule has 0 aliphatic heterocycles. The average molecular weight is 271 g/mol. The van der Waals surface area contributed by atoms with E-state index in [1.54, 1.807) is 29.7 Å². The number of nitrogens with zero attached hydrogens (tertiary/aromatic N) is 1. The van der Waals surface area contributed by atoms with Crippen molar-refractivity contribution in [2.45, 2.75) is 0 Å². The molecule has 0 atom stereocenters. The van der Waals surface area contributed by atoms with Gasteiger partial charge in [-0.25, -0.2) is 9.78 Å². The number of hydrogen-bond donors (Lipinski definition) is 1. The van der Waals surface area contributed by atoms with E-state index in [1.165, 1.54) is 12.1 Å². The summed E-state index contributed by atoms with van der Waals surface area (Å²) < 4.78 is 6.79. The molecule has 0 aliphatic carbocycles. The minimum atomic E-state index is -0.954. The SMILES string of the molecule is O=C(O)c1ccc(Oc2nccc3sccc23)cc1. The van der Waals surface area contributed by atoms with Gasteiger partial charge in [-0.1, -0.05) is 0 Å². The molecule has 0 unspecified atom stereocenters. The maximum atomic E-state index is 10.8. The van der Waals surface area contributed by atoms with Crippen molar-refractivity contribution in [2.24, 2.45) is 0 Å². The first kappa shape index (κ1) is 11.7. The van der Waals surface area contributed by atoms with Crippen LogP contribution in [0, 0.1) is 0 Å². The Kier molecular flexibility index (Phi) is 2.89. The number of thiophene rings is 1. The molecule has 1 aromatic carbocycles. The molecule has 0 bridgehead atoms. The lowest BCUT2D eigenvalue weighted by Gasteiger charge is -2.05. The van der Waals surface area contributed by atoms with Gasteiger partial charge in [0.2, 0.25) is 5.88 Å². The van der Waals surface area contributed by atoms with Crippen LogP contribution < -0.4 is 4.74 Å². The first-order valence-electron chi connectivity index (χ1n) is 5.57. The Balaban J connectivity index is 1.92. The number of carboxylic acids is 1. The lowest BCUT2D eigenvalue weighted by Crippen LogP contribution is -1.95. The molecule has 2 heterocycles. The Labute approximate surface area is 112 Å². The summed E-state index contributed by atoms with van der Waals surface area (Å²) in [4.78, 5) is 15.0. The Hall–Kier alpha value is -2.40. The quantitative estimate of drug-likeness (QED) is 0.787. The molecule has 5 heteroatoms. The van der Waals surface area contributed by atoms with E-state index in [0.29, 0.717) is 11.6 Å². The largest absolute Gasteiger partial charge is 0.478 e. The number of aromatic nitrogens is 1. The summed E-state index contributed by atoms with van der Waals surface area (Å²) in [7, 11) is 0. The molecule has 0 fully saturated rings. The third-order valence-electron chi connectivity index (χ3n) is 2.66. The summed E-state index contributed by atoms with van der Waals surface area (Å²) in [5.41, 5.74) is 0.231. The predicted molar refractivity (Wildman–Crippen MR) is 73.1 cm³/mol. The van der Waals surface area contributed by atoms with Crippen LogP contribution in [0.4, 0.5) is 0 Å². The highest BCUT2D eigenvalue weighted by molar-refractivity contribution is 7.17. The summed E-state index contributed by atoms with van der Waals surface area (Å²) in [6.45, 7) is 0. The van der Waals surface area contributed by atoms with Crippen molar-refractivity contribution in [1.29, 1.82) is 0 Å². The third-order valence-corrected chi connectivity index (χ3v) is 3.54. The van der Waals surface area contributed by atoms with Crippen LogP contribution in [0.5, 0.6) is 11.6 Å². The number of rotatable bonds is 3. The molecule has 0 spiro atoms. The van der Waals surface area contributed by atoms with E-state index in [2.05, 4.69) is 4.98 Å². The number of carboxylic acid groups (broad SMARTS) is 1. The van der Waals surface area contributed by atoms with E-state index in [0.717, 1.165) is 10.1 Å². The van der Waals surface area contributed by atoms with E-state index in [4.69, 9.17) is 9.84 Å². The number of hydrogen-bond acceptors (Lipinski definition) is 4. The zero-order valence-corrected chi connectivity index (χ0v) is 10.6. The van der Waals surface area contributed by atoms with Crippen LogP contribution in [-0.4, -0.2) is 16.1 Å². The minimum Gasteiger partial charge on any atom is -0.478 e. The lowest BCUT2D eigenvalue weighted by molar-refractivity contribution is 0.0697. The van der Waals surface area contributed by atoms with Crippen molar-refractivity contribution < 1.29 is 14.6 Å². The zero-order valence-electron chi connectivity index (χ0n) is 9.74. The topological polar surface area (TPSA) is 59.4 Å². The maximum absolute atomic E-state index is 10.8. The summed E-state index contributed by atoms with van der Waals surface area (Å²) in [6, 6.07) is 10.1. The van der Waals surface area contributed by atoms with Gasteiger partial charge in [0.1, 0.15) is 5.75 Å². The molecule has 94 valence electrons.